The molecule has 0 heterocycles. The van der Waals surface area contributed by atoms with Crippen molar-refractivity contribution in [3.8, 4) is 0 Å². The molecule has 0 aliphatic heterocycles. The smallest absolute Gasteiger partial charge is 0.243 e. The largest absolute Gasteiger partial charge is 0.347 e. The van der Waals surface area contributed by atoms with Crippen molar-refractivity contribution in [2.45, 2.75) is 20.3 Å². The predicted molar refractivity (Wildman–Crippen MR) is 95.4 cm³/mol. The summed E-state index contributed by atoms with van der Waals surface area (Å²) in [6, 6.07) is 13.4. The van der Waals surface area contributed by atoms with E-state index in [0.717, 1.165) is 26.9 Å². The first-order valence-electron chi connectivity index (χ1n) is 7.32. The zero-order valence-corrected chi connectivity index (χ0v) is 14.7. The van der Waals surface area contributed by atoms with E-state index in [0.29, 0.717) is 0 Å². The van der Waals surface area contributed by atoms with Crippen LogP contribution in [0.3, 0.4) is 0 Å². The van der Waals surface area contributed by atoms with Crippen LogP contribution in [0.4, 0.5) is 5.69 Å². The molecular formula is C18H19BrN2O2. The molecule has 2 aromatic carbocycles. The number of hydrogen-bond acceptors (Lipinski definition) is 2. The van der Waals surface area contributed by atoms with Gasteiger partial charge in [0, 0.05) is 10.2 Å². The van der Waals surface area contributed by atoms with E-state index in [1.54, 1.807) is 0 Å². The molecule has 2 amide bonds. The van der Waals surface area contributed by atoms with Gasteiger partial charge in [-0.3, -0.25) is 9.59 Å². The average Bonchev–Trinajstić information content (AvgIpc) is 2.50. The van der Waals surface area contributed by atoms with Gasteiger partial charge < -0.3 is 10.6 Å². The summed E-state index contributed by atoms with van der Waals surface area (Å²) in [7, 11) is 0. The molecule has 2 aromatic rings. The second-order valence-electron chi connectivity index (χ2n) is 5.45. The number of anilines is 1. The van der Waals surface area contributed by atoms with E-state index < -0.39 is 0 Å². The number of benzene rings is 2. The Kier molecular flexibility index (Phi) is 5.93. The van der Waals surface area contributed by atoms with Crippen LogP contribution in [0.25, 0.3) is 0 Å². The first kappa shape index (κ1) is 17.2. The van der Waals surface area contributed by atoms with Crippen LogP contribution in [-0.2, 0) is 16.0 Å². The third-order valence-electron chi connectivity index (χ3n) is 3.39. The van der Waals surface area contributed by atoms with E-state index in [2.05, 4.69) is 26.6 Å². The second kappa shape index (κ2) is 7.92. The Hall–Kier alpha value is -2.14. The van der Waals surface area contributed by atoms with E-state index >= 15 is 0 Å². The van der Waals surface area contributed by atoms with Crippen LogP contribution in [-0.4, -0.2) is 18.4 Å². The summed E-state index contributed by atoms with van der Waals surface area (Å²) in [4.78, 5) is 23.8. The van der Waals surface area contributed by atoms with Gasteiger partial charge in [0.2, 0.25) is 11.8 Å². The van der Waals surface area contributed by atoms with Gasteiger partial charge in [0.25, 0.3) is 0 Å². The Morgan fingerprint density at radius 1 is 1.00 bits per heavy atom. The fraction of sp³-hybridized carbons (Fsp3) is 0.222. The number of halogens is 1. The highest BCUT2D eigenvalue weighted by molar-refractivity contribution is 9.10. The van der Waals surface area contributed by atoms with Crippen molar-refractivity contribution in [2.24, 2.45) is 0 Å². The van der Waals surface area contributed by atoms with Crippen LogP contribution >= 0.6 is 15.9 Å². The van der Waals surface area contributed by atoms with Crippen LogP contribution in [0.15, 0.2) is 46.9 Å². The lowest BCUT2D eigenvalue weighted by Crippen LogP contribution is -2.33. The van der Waals surface area contributed by atoms with Crippen LogP contribution in [0.1, 0.15) is 16.7 Å². The predicted octanol–water partition coefficient (Wildman–Crippen LogP) is 3.36. The highest BCUT2D eigenvalue weighted by atomic mass is 79.9. The molecular weight excluding hydrogens is 356 g/mol. The Morgan fingerprint density at radius 3 is 2.35 bits per heavy atom. The fourth-order valence-electron chi connectivity index (χ4n) is 2.09. The van der Waals surface area contributed by atoms with Crippen molar-refractivity contribution in [2.75, 3.05) is 11.9 Å². The van der Waals surface area contributed by atoms with Gasteiger partial charge in [-0.2, -0.15) is 0 Å². The molecule has 5 heteroatoms. The molecule has 0 saturated carbocycles. The molecule has 23 heavy (non-hydrogen) atoms. The van der Waals surface area contributed by atoms with Crippen LogP contribution < -0.4 is 10.6 Å². The molecule has 0 radical (unpaired) electrons. The standard InChI is InChI=1S/C18H19BrN2O2/c1-12-3-5-14(6-4-12)10-17(22)20-11-18(23)21-16-8-7-15(19)9-13(16)2/h3-9H,10-11H2,1-2H3,(H,20,22)(H,21,23). The van der Waals surface area contributed by atoms with Gasteiger partial charge in [-0.1, -0.05) is 45.8 Å². The molecule has 0 fully saturated rings. The van der Waals surface area contributed by atoms with Crippen LogP contribution in [0.2, 0.25) is 0 Å². The van der Waals surface area contributed by atoms with Crippen molar-refractivity contribution < 1.29 is 9.59 Å². The Morgan fingerprint density at radius 2 is 1.70 bits per heavy atom. The van der Waals surface area contributed by atoms with Gasteiger partial charge in [0.15, 0.2) is 0 Å². The zero-order chi connectivity index (χ0) is 16.8. The minimum absolute atomic E-state index is 0.0415. The van der Waals surface area contributed by atoms with E-state index in [9.17, 15) is 9.59 Å². The SMILES string of the molecule is Cc1ccc(CC(=O)NCC(=O)Nc2ccc(Br)cc2C)cc1. The molecule has 0 aromatic heterocycles. The Bertz CT molecular complexity index is 711. The number of hydrogen-bond donors (Lipinski definition) is 2. The number of aryl methyl sites for hydroxylation is 2. The molecule has 0 spiro atoms. The summed E-state index contributed by atoms with van der Waals surface area (Å²) in [5, 5.41) is 5.43. The normalized spacial score (nSPS) is 10.2. The topological polar surface area (TPSA) is 58.2 Å². The van der Waals surface area contributed by atoms with E-state index in [1.807, 2.05) is 56.3 Å². The van der Waals surface area contributed by atoms with E-state index in [1.165, 1.54) is 0 Å². The van der Waals surface area contributed by atoms with Gasteiger partial charge in [-0.25, -0.2) is 0 Å². The molecule has 0 saturated heterocycles. The molecule has 0 aliphatic carbocycles. The second-order valence-corrected chi connectivity index (χ2v) is 6.36. The Labute approximate surface area is 144 Å². The summed E-state index contributed by atoms with van der Waals surface area (Å²) in [5.41, 5.74) is 3.78. The van der Waals surface area contributed by atoms with Gasteiger partial charge in [-0.05, 0) is 43.2 Å². The minimum atomic E-state index is -0.243. The summed E-state index contributed by atoms with van der Waals surface area (Å²) in [6.07, 6.45) is 0.269. The summed E-state index contributed by atoms with van der Waals surface area (Å²) in [5.74, 6) is -0.413. The number of nitrogens with one attached hydrogen (secondary N) is 2. The third kappa shape index (κ3) is 5.53. The number of carbonyl (C=O) groups excluding carboxylic acids is 2. The van der Waals surface area contributed by atoms with Crippen molar-refractivity contribution >= 4 is 33.4 Å². The maximum Gasteiger partial charge on any atom is 0.243 e. The molecule has 2 N–H and O–H groups in total. The van der Waals surface area contributed by atoms with Gasteiger partial charge >= 0.3 is 0 Å². The van der Waals surface area contributed by atoms with Gasteiger partial charge in [0.1, 0.15) is 0 Å². The molecule has 2 rings (SSSR count). The average molecular weight is 375 g/mol. The monoisotopic (exact) mass is 374 g/mol. The number of rotatable bonds is 5. The van der Waals surface area contributed by atoms with Crippen molar-refractivity contribution in [3.05, 3.63) is 63.6 Å². The van der Waals surface area contributed by atoms with Crippen molar-refractivity contribution in [3.63, 3.8) is 0 Å². The first-order chi connectivity index (χ1) is 10.9. The molecule has 0 bridgehead atoms. The van der Waals surface area contributed by atoms with Crippen LogP contribution in [0, 0.1) is 13.8 Å². The maximum atomic E-state index is 11.9. The lowest BCUT2D eigenvalue weighted by Gasteiger charge is -2.10. The summed E-state index contributed by atoms with van der Waals surface area (Å²) < 4.78 is 0.958. The lowest BCUT2D eigenvalue weighted by molar-refractivity contribution is -0.123. The fourth-order valence-corrected chi connectivity index (χ4v) is 2.57. The number of carbonyl (C=O) groups is 2. The zero-order valence-electron chi connectivity index (χ0n) is 13.2. The van der Waals surface area contributed by atoms with Gasteiger partial charge in [0.05, 0.1) is 13.0 Å². The minimum Gasteiger partial charge on any atom is -0.347 e. The van der Waals surface area contributed by atoms with Crippen LogP contribution in [0.5, 0.6) is 0 Å². The number of amides is 2. The summed E-state index contributed by atoms with van der Waals surface area (Å²) >= 11 is 3.38. The summed E-state index contributed by atoms with van der Waals surface area (Å²) in [6.45, 7) is 3.87. The highest BCUT2D eigenvalue weighted by Gasteiger charge is 2.08. The van der Waals surface area contributed by atoms with Gasteiger partial charge in [-0.15, -0.1) is 0 Å². The molecule has 0 atom stereocenters. The highest BCUT2D eigenvalue weighted by Crippen LogP contribution is 2.19. The van der Waals surface area contributed by atoms with Crippen molar-refractivity contribution in [1.29, 1.82) is 0 Å². The molecule has 4 nitrogen and oxygen atoms in total. The molecule has 0 unspecified atom stereocenters. The van der Waals surface area contributed by atoms with E-state index in [4.69, 9.17) is 0 Å². The van der Waals surface area contributed by atoms with Crippen molar-refractivity contribution in [1.82, 2.24) is 5.32 Å². The maximum absolute atomic E-state index is 11.9. The lowest BCUT2D eigenvalue weighted by atomic mass is 10.1. The molecule has 120 valence electrons. The molecule has 0 aliphatic rings. The first-order valence-corrected chi connectivity index (χ1v) is 8.11. The quantitative estimate of drug-likeness (QED) is 0.842. The Balaban J connectivity index is 1.81. The van der Waals surface area contributed by atoms with E-state index in [-0.39, 0.29) is 24.8 Å². The third-order valence-corrected chi connectivity index (χ3v) is 3.89.